The molecule has 10 heteroatoms. The molecule has 0 fully saturated rings. The Bertz CT molecular complexity index is 1140. The van der Waals surface area contributed by atoms with Crippen LogP contribution in [-0.2, 0) is 22.7 Å². The number of hydrogen-bond donors (Lipinski definition) is 1. The van der Waals surface area contributed by atoms with Crippen LogP contribution in [0.5, 0.6) is 0 Å². The van der Waals surface area contributed by atoms with Crippen molar-refractivity contribution in [2.45, 2.75) is 31.5 Å². The van der Waals surface area contributed by atoms with Crippen LogP contribution < -0.4 is 4.72 Å². The van der Waals surface area contributed by atoms with E-state index in [1.54, 1.807) is 38.1 Å². The molecule has 154 valence electrons. The Hall–Kier alpha value is -2.72. The van der Waals surface area contributed by atoms with Gasteiger partial charge >= 0.3 is 6.18 Å². The third-order valence-electron chi connectivity index (χ3n) is 4.22. The van der Waals surface area contributed by atoms with Gasteiger partial charge in [0.05, 0.1) is 16.2 Å². The van der Waals surface area contributed by atoms with E-state index in [2.05, 4.69) is 9.88 Å². The highest BCUT2D eigenvalue weighted by Crippen LogP contribution is 2.31. The quantitative estimate of drug-likeness (QED) is 0.603. The summed E-state index contributed by atoms with van der Waals surface area (Å²) in [5.74, 6) is -0.694. The van der Waals surface area contributed by atoms with Gasteiger partial charge in [0, 0.05) is 12.1 Å². The van der Waals surface area contributed by atoms with Crippen molar-refractivity contribution in [3.8, 4) is 11.1 Å². The van der Waals surface area contributed by atoms with Gasteiger partial charge in [-0.05, 0) is 49.2 Å². The van der Waals surface area contributed by atoms with Crippen molar-refractivity contribution in [1.29, 1.82) is 0 Å². The molecule has 0 aliphatic rings. The van der Waals surface area contributed by atoms with Gasteiger partial charge in [-0.2, -0.15) is 13.2 Å². The molecule has 0 aliphatic heterocycles. The molecule has 0 bridgehead atoms. The Morgan fingerprint density at radius 1 is 1.10 bits per heavy atom. The molecule has 3 aromatic rings. The van der Waals surface area contributed by atoms with E-state index in [-0.39, 0.29) is 12.6 Å². The van der Waals surface area contributed by atoms with Crippen molar-refractivity contribution in [3.63, 3.8) is 0 Å². The highest BCUT2D eigenvalue weighted by Gasteiger charge is 2.32. The van der Waals surface area contributed by atoms with Crippen LogP contribution in [0.2, 0.25) is 0 Å². The molecule has 2 aromatic carbocycles. The molecule has 0 amide bonds. The third kappa shape index (κ3) is 4.65. The normalized spacial score (nSPS) is 12.3. The van der Waals surface area contributed by atoms with Crippen molar-refractivity contribution in [2.75, 3.05) is 0 Å². The van der Waals surface area contributed by atoms with Gasteiger partial charge in [-0.25, -0.2) is 17.5 Å². The summed E-state index contributed by atoms with van der Waals surface area (Å²) in [6.45, 7) is 3.31. The lowest BCUT2D eigenvalue weighted by Gasteiger charge is -2.11. The molecule has 0 aliphatic carbocycles. The van der Waals surface area contributed by atoms with E-state index in [1.807, 2.05) is 0 Å². The standard InChI is InChI=1S/C19H16F4N2O3S/c1-11-18(12(2)28-25-11)14-5-3-4-13(6-14)10-24-29(26,27)17-8-15(19(21,22)23)7-16(20)9-17/h3-9,24H,10H2,1-2H3. The van der Waals surface area contributed by atoms with Gasteiger partial charge in [0.15, 0.2) is 0 Å². The second-order valence-corrected chi connectivity index (χ2v) is 8.16. The fourth-order valence-electron chi connectivity index (χ4n) is 2.88. The van der Waals surface area contributed by atoms with E-state index in [1.165, 1.54) is 0 Å². The minimum Gasteiger partial charge on any atom is -0.361 e. The van der Waals surface area contributed by atoms with Crippen LogP contribution in [0.4, 0.5) is 17.6 Å². The van der Waals surface area contributed by atoms with Gasteiger partial charge in [-0.15, -0.1) is 0 Å². The van der Waals surface area contributed by atoms with E-state index in [0.717, 1.165) is 11.1 Å². The molecule has 0 radical (unpaired) electrons. The summed E-state index contributed by atoms with van der Waals surface area (Å²) in [4.78, 5) is -0.799. The molecule has 1 aromatic heterocycles. The molecular formula is C19H16F4N2O3S. The largest absolute Gasteiger partial charge is 0.416 e. The average molecular weight is 428 g/mol. The van der Waals surface area contributed by atoms with Gasteiger partial charge in [0.1, 0.15) is 11.6 Å². The lowest BCUT2D eigenvalue weighted by atomic mass is 10.0. The Labute approximate surface area is 164 Å². The number of nitrogens with one attached hydrogen (secondary N) is 1. The maximum Gasteiger partial charge on any atom is 0.416 e. The van der Waals surface area contributed by atoms with Crippen molar-refractivity contribution in [2.24, 2.45) is 0 Å². The summed E-state index contributed by atoms with van der Waals surface area (Å²) in [5.41, 5.74) is 1.37. The van der Waals surface area contributed by atoms with Gasteiger partial charge in [0.2, 0.25) is 10.0 Å². The minimum absolute atomic E-state index is 0.197. The van der Waals surface area contributed by atoms with Crippen LogP contribution in [0.15, 0.2) is 51.9 Å². The van der Waals surface area contributed by atoms with Crippen LogP contribution >= 0.6 is 0 Å². The van der Waals surface area contributed by atoms with Crippen LogP contribution in [0.25, 0.3) is 11.1 Å². The van der Waals surface area contributed by atoms with Crippen molar-refractivity contribution < 1.29 is 30.5 Å². The van der Waals surface area contributed by atoms with Crippen LogP contribution in [0.1, 0.15) is 22.6 Å². The lowest BCUT2D eigenvalue weighted by molar-refractivity contribution is -0.137. The highest BCUT2D eigenvalue weighted by molar-refractivity contribution is 7.89. The molecule has 5 nitrogen and oxygen atoms in total. The number of sulfonamides is 1. The third-order valence-corrected chi connectivity index (χ3v) is 5.60. The number of benzene rings is 2. The van der Waals surface area contributed by atoms with E-state index < -0.39 is 32.5 Å². The van der Waals surface area contributed by atoms with Crippen LogP contribution in [0.3, 0.4) is 0 Å². The molecule has 0 unspecified atom stereocenters. The van der Waals surface area contributed by atoms with Crippen LogP contribution in [-0.4, -0.2) is 13.6 Å². The maximum absolute atomic E-state index is 13.5. The van der Waals surface area contributed by atoms with Crippen molar-refractivity contribution >= 4 is 10.0 Å². The second kappa shape index (κ2) is 7.60. The zero-order valence-electron chi connectivity index (χ0n) is 15.3. The minimum atomic E-state index is -4.87. The molecule has 1 heterocycles. The molecular weight excluding hydrogens is 412 g/mol. The van der Waals surface area contributed by atoms with E-state index >= 15 is 0 Å². The maximum atomic E-state index is 13.5. The number of halogens is 4. The Kier molecular flexibility index (Phi) is 5.50. The first-order valence-corrected chi connectivity index (χ1v) is 9.85. The monoisotopic (exact) mass is 428 g/mol. The predicted octanol–water partition coefficient (Wildman–Crippen LogP) is 4.59. The predicted molar refractivity (Wildman–Crippen MR) is 96.8 cm³/mol. The fourth-order valence-corrected chi connectivity index (χ4v) is 3.95. The topological polar surface area (TPSA) is 72.2 Å². The summed E-state index contributed by atoms with van der Waals surface area (Å²) in [7, 11) is -4.37. The molecule has 1 N–H and O–H groups in total. The van der Waals surface area contributed by atoms with Gasteiger partial charge in [0.25, 0.3) is 0 Å². The summed E-state index contributed by atoms with van der Waals surface area (Å²) >= 11 is 0. The number of aromatic nitrogens is 1. The first-order chi connectivity index (χ1) is 13.5. The highest BCUT2D eigenvalue weighted by atomic mass is 32.2. The zero-order chi connectivity index (χ0) is 21.4. The first kappa shape index (κ1) is 21.0. The Morgan fingerprint density at radius 3 is 2.45 bits per heavy atom. The molecule has 29 heavy (non-hydrogen) atoms. The SMILES string of the molecule is Cc1noc(C)c1-c1cccc(CNS(=O)(=O)c2cc(F)cc(C(F)(F)F)c2)c1. The van der Waals surface area contributed by atoms with Crippen molar-refractivity contribution in [3.05, 3.63) is 70.9 Å². The summed E-state index contributed by atoms with van der Waals surface area (Å²) in [6.07, 6.45) is -4.87. The number of nitrogens with zero attached hydrogens (tertiary/aromatic N) is 1. The van der Waals surface area contributed by atoms with E-state index in [9.17, 15) is 26.0 Å². The van der Waals surface area contributed by atoms with E-state index in [4.69, 9.17) is 4.52 Å². The Morgan fingerprint density at radius 2 is 1.83 bits per heavy atom. The molecule has 0 saturated heterocycles. The molecule has 3 rings (SSSR count). The number of alkyl halides is 3. The van der Waals surface area contributed by atoms with E-state index in [0.29, 0.717) is 29.2 Å². The fraction of sp³-hybridized carbons (Fsp3) is 0.211. The molecule has 0 saturated carbocycles. The smallest absolute Gasteiger partial charge is 0.361 e. The number of hydrogen-bond acceptors (Lipinski definition) is 4. The summed E-state index contributed by atoms with van der Waals surface area (Å²) < 4.78 is 84.1. The first-order valence-electron chi connectivity index (χ1n) is 8.37. The molecule has 0 spiro atoms. The second-order valence-electron chi connectivity index (χ2n) is 6.40. The van der Waals surface area contributed by atoms with Gasteiger partial charge < -0.3 is 4.52 Å². The average Bonchev–Trinajstić information content (AvgIpc) is 2.97. The van der Waals surface area contributed by atoms with Crippen molar-refractivity contribution in [1.82, 2.24) is 9.88 Å². The zero-order valence-corrected chi connectivity index (χ0v) is 16.2. The Balaban J connectivity index is 1.85. The van der Waals surface area contributed by atoms with Gasteiger partial charge in [-0.1, -0.05) is 23.4 Å². The summed E-state index contributed by atoms with van der Waals surface area (Å²) in [6, 6.07) is 8.04. The lowest BCUT2D eigenvalue weighted by Crippen LogP contribution is -2.24. The molecule has 0 atom stereocenters. The van der Waals surface area contributed by atoms with Crippen LogP contribution in [0, 0.1) is 19.7 Å². The van der Waals surface area contributed by atoms with Gasteiger partial charge in [-0.3, -0.25) is 0 Å². The number of aryl methyl sites for hydroxylation is 2. The number of rotatable bonds is 5. The summed E-state index contributed by atoms with van der Waals surface area (Å²) in [5, 5.41) is 3.87.